The maximum absolute atomic E-state index is 14.4. The lowest BCUT2D eigenvalue weighted by Crippen LogP contribution is -2.38. The van der Waals surface area contributed by atoms with Crippen molar-refractivity contribution < 1.29 is 37.4 Å². The lowest BCUT2D eigenvalue weighted by atomic mass is 10.1. The van der Waals surface area contributed by atoms with Crippen LogP contribution in [-0.2, 0) is 17.5 Å². The molecule has 2 heterocycles. The first-order valence-electron chi connectivity index (χ1n) is 12.2. The predicted molar refractivity (Wildman–Crippen MR) is 142 cm³/mol. The maximum Gasteiger partial charge on any atom is 0.416 e. The van der Waals surface area contributed by atoms with Crippen LogP contribution < -0.4 is 10.2 Å². The van der Waals surface area contributed by atoms with Crippen molar-refractivity contribution in [2.75, 3.05) is 11.9 Å². The standard InChI is InChI=1S/C29H26F5N3O3.H2/c1-16(30)25-22(10-17(14-35-25)15-36-27(39)28(2,3)31)26(38)37(4)21-8-9-23-19(12-21)13-24(40-23)18-6-5-7-20(11-18)29(32,33)34;/h5-14,16H,15H2,1-4H3,(H,36,39);1H. The third kappa shape index (κ3) is 6.13. The number of fused-ring (bicyclic) bond motifs is 1. The van der Waals surface area contributed by atoms with E-state index in [4.69, 9.17) is 4.42 Å². The van der Waals surface area contributed by atoms with E-state index in [1.54, 1.807) is 24.3 Å². The number of aromatic nitrogens is 1. The second-order valence-electron chi connectivity index (χ2n) is 9.82. The zero-order chi connectivity index (χ0) is 29.4. The van der Waals surface area contributed by atoms with Gasteiger partial charge < -0.3 is 14.6 Å². The number of pyridine rings is 1. The number of nitrogens with one attached hydrogen (secondary N) is 1. The van der Waals surface area contributed by atoms with Crippen LogP contribution in [0.3, 0.4) is 0 Å². The summed E-state index contributed by atoms with van der Waals surface area (Å²) in [5, 5.41) is 2.95. The summed E-state index contributed by atoms with van der Waals surface area (Å²) in [6.45, 7) is 3.33. The van der Waals surface area contributed by atoms with Gasteiger partial charge in [0.05, 0.1) is 16.8 Å². The smallest absolute Gasteiger partial charge is 0.416 e. The molecule has 212 valence electrons. The van der Waals surface area contributed by atoms with Crippen molar-refractivity contribution in [1.82, 2.24) is 10.3 Å². The number of halogens is 5. The third-order valence-corrected chi connectivity index (χ3v) is 6.24. The summed E-state index contributed by atoms with van der Waals surface area (Å²) in [5.74, 6) is -1.22. The van der Waals surface area contributed by atoms with Crippen LogP contribution in [0.2, 0.25) is 0 Å². The molecule has 6 nitrogen and oxygen atoms in total. The molecule has 40 heavy (non-hydrogen) atoms. The molecule has 1 unspecified atom stereocenters. The van der Waals surface area contributed by atoms with Crippen molar-refractivity contribution in [1.29, 1.82) is 0 Å². The molecule has 0 bridgehead atoms. The Kier molecular flexibility index (Phi) is 7.69. The number of hydrogen-bond acceptors (Lipinski definition) is 4. The molecule has 0 radical (unpaired) electrons. The first kappa shape index (κ1) is 28.7. The minimum absolute atomic E-state index is 0. The molecule has 0 saturated heterocycles. The number of hydrogen-bond donors (Lipinski definition) is 1. The molecule has 1 atom stereocenters. The highest BCUT2D eigenvalue weighted by molar-refractivity contribution is 6.07. The predicted octanol–water partition coefficient (Wildman–Crippen LogP) is 7.43. The molecule has 0 saturated carbocycles. The average Bonchev–Trinajstić information content (AvgIpc) is 3.33. The first-order valence-corrected chi connectivity index (χ1v) is 12.2. The Balaban J connectivity index is 0.00000462. The van der Waals surface area contributed by atoms with Gasteiger partial charge in [0.1, 0.15) is 17.5 Å². The summed E-state index contributed by atoms with van der Waals surface area (Å²) in [4.78, 5) is 30.7. The van der Waals surface area contributed by atoms with Crippen molar-refractivity contribution in [2.45, 2.75) is 45.3 Å². The second-order valence-corrected chi connectivity index (χ2v) is 9.82. The van der Waals surface area contributed by atoms with E-state index in [1.165, 1.54) is 43.3 Å². The lowest BCUT2D eigenvalue weighted by Gasteiger charge is -2.20. The molecule has 4 rings (SSSR count). The fourth-order valence-electron chi connectivity index (χ4n) is 4.02. The summed E-state index contributed by atoms with van der Waals surface area (Å²) in [5.41, 5.74) is -1.64. The number of carbonyl (C=O) groups excluding carboxylic acids is 2. The Hall–Kier alpha value is -4.28. The second kappa shape index (κ2) is 10.7. The molecule has 1 N–H and O–H groups in total. The van der Waals surface area contributed by atoms with Gasteiger partial charge in [-0.05, 0) is 68.8 Å². The van der Waals surface area contributed by atoms with Crippen LogP contribution >= 0.6 is 0 Å². The van der Waals surface area contributed by atoms with Crippen LogP contribution in [0.5, 0.6) is 0 Å². The van der Waals surface area contributed by atoms with E-state index in [0.717, 1.165) is 26.0 Å². The van der Waals surface area contributed by atoms with E-state index in [9.17, 15) is 31.5 Å². The number of anilines is 1. The summed E-state index contributed by atoms with van der Waals surface area (Å²) in [7, 11) is 1.48. The Morgan fingerprint density at radius 1 is 1.07 bits per heavy atom. The lowest BCUT2D eigenvalue weighted by molar-refractivity contribution is -0.137. The molecule has 0 spiro atoms. The molecule has 2 aromatic heterocycles. The Morgan fingerprint density at radius 3 is 2.45 bits per heavy atom. The monoisotopic (exact) mass is 561 g/mol. The van der Waals surface area contributed by atoms with Crippen molar-refractivity contribution >= 4 is 28.5 Å². The van der Waals surface area contributed by atoms with E-state index in [1.807, 2.05) is 0 Å². The molecule has 0 aliphatic rings. The largest absolute Gasteiger partial charge is 0.456 e. The zero-order valence-corrected chi connectivity index (χ0v) is 22.1. The number of furan rings is 1. The van der Waals surface area contributed by atoms with Gasteiger partial charge in [-0.25, -0.2) is 8.78 Å². The van der Waals surface area contributed by atoms with Crippen molar-refractivity contribution in [3.05, 3.63) is 83.2 Å². The minimum Gasteiger partial charge on any atom is -0.456 e. The third-order valence-electron chi connectivity index (χ3n) is 6.24. The van der Waals surface area contributed by atoms with E-state index >= 15 is 0 Å². The van der Waals surface area contributed by atoms with Gasteiger partial charge in [0, 0.05) is 37.9 Å². The maximum atomic E-state index is 14.4. The van der Waals surface area contributed by atoms with Gasteiger partial charge >= 0.3 is 6.18 Å². The van der Waals surface area contributed by atoms with Crippen LogP contribution in [0.4, 0.5) is 27.6 Å². The molecule has 11 heteroatoms. The van der Waals surface area contributed by atoms with Crippen LogP contribution in [0.15, 0.2) is 65.2 Å². The molecule has 0 fully saturated rings. The Labute approximate surface area is 228 Å². The Morgan fingerprint density at radius 2 is 1.80 bits per heavy atom. The summed E-state index contributed by atoms with van der Waals surface area (Å²) >= 11 is 0. The fraction of sp³-hybridized carbons (Fsp3) is 0.276. The topological polar surface area (TPSA) is 75.4 Å². The van der Waals surface area contributed by atoms with Gasteiger partial charge in [0.15, 0.2) is 5.67 Å². The van der Waals surface area contributed by atoms with Crippen LogP contribution in [0.25, 0.3) is 22.3 Å². The number of amides is 2. The molecule has 0 aliphatic heterocycles. The van der Waals surface area contributed by atoms with Crippen molar-refractivity contribution in [3.63, 3.8) is 0 Å². The van der Waals surface area contributed by atoms with E-state index in [-0.39, 0.29) is 30.6 Å². The number of carbonyl (C=O) groups is 2. The van der Waals surface area contributed by atoms with Gasteiger partial charge in [-0.15, -0.1) is 0 Å². The average molecular weight is 562 g/mol. The molecule has 2 aromatic carbocycles. The van der Waals surface area contributed by atoms with Crippen LogP contribution in [-0.4, -0.2) is 29.5 Å². The molecular formula is C29H28F5N3O3. The van der Waals surface area contributed by atoms with Crippen molar-refractivity contribution in [2.24, 2.45) is 0 Å². The van der Waals surface area contributed by atoms with Crippen LogP contribution in [0, 0.1) is 0 Å². The highest BCUT2D eigenvalue weighted by Crippen LogP contribution is 2.35. The first-order chi connectivity index (χ1) is 18.6. The fourth-order valence-corrected chi connectivity index (χ4v) is 4.02. The van der Waals surface area contributed by atoms with Gasteiger partial charge in [-0.1, -0.05) is 12.1 Å². The highest BCUT2D eigenvalue weighted by Gasteiger charge is 2.31. The highest BCUT2D eigenvalue weighted by atomic mass is 19.4. The summed E-state index contributed by atoms with van der Waals surface area (Å²) in [6, 6.07) is 12.5. The van der Waals surface area contributed by atoms with Gasteiger partial charge in [-0.3, -0.25) is 14.6 Å². The number of alkyl halides is 5. The quantitative estimate of drug-likeness (QED) is 0.238. The SMILES string of the molecule is CC(F)c1ncc(CNC(=O)C(C)(C)F)cc1C(=O)N(C)c1ccc2oc(-c3cccc(C(F)(F)F)c3)cc2c1.[HH]. The summed E-state index contributed by atoms with van der Waals surface area (Å²) in [6.07, 6.45) is -4.77. The van der Waals surface area contributed by atoms with Gasteiger partial charge in [0.25, 0.3) is 11.8 Å². The van der Waals surface area contributed by atoms with Gasteiger partial charge in [0.2, 0.25) is 0 Å². The Bertz CT molecular complexity index is 1580. The van der Waals surface area contributed by atoms with E-state index < -0.39 is 35.4 Å². The van der Waals surface area contributed by atoms with Gasteiger partial charge in [-0.2, -0.15) is 13.2 Å². The normalized spacial score (nSPS) is 12.8. The van der Waals surface area contributed by atoms with E-state index in [2.05, 4.69) is 10.3 Å². The number of nitrogens with zero attached hydrogens (tertiary/aromatic N) is 2. The zero-order valence-electron chi connectivity index (χ0n) is 22.1. The van der Waals surface area contributed by atoms with Crippen molar-refractivity contribution in [3.8, 4) is 11.3 Å². The molecular weight excluding hydrogens is 533 g/mol. The molecule has 2 amide bonds. The molecule has 4 aromatic rings. The van der Waals surface area contributed by atoms with E-state index in [0.29, 0.717) is 22.2 Å². The molecule has 0 aliphatic carbocycles. The minimum atomic E-state index is -4.50. The van der Waals surface area contributed by atoms with Crippen LogP contribution in [0.1, 0.15) is 55.5 Å². The number of rotatable bonds is 7. The summed E-state index contributed by atoms with van der Waals surface area (Å²) < 4.78 is 73.4. The number of benzene rings is 2.